The maximum absolute atomic E-state index is 9.77. The van der Waals surface area contributed by atoms with Gasteiger partial charge in [0.2, 0.25) is 0 Å². The van der Waals surface area contributed by atoms with E-state index in [-0.39, 0.29) is 5.41 Å². The molecule has 2 saturated carbocycles. The lowest BCUT2D eigenvalue weighted by Crippen LogP contribution is -2.27. The van der Waals surface area contributed by atoms with Crippen molar-refractivity contribution in [1.82, 2.24) is 0 Å². The maximum atomic E-state index is 9.77. The van der Waals surface area contributed by atoms with Crippen LogP contribution in [-0.2, 0) is 5.41 Å². The molecule has 0 saturated heterocycles. The molecule has 0 aromatic heterocycles. The molecule has 0 spiro atoms. The molecule has 0 unspecified atom stereocenters. The van der Waals surface area contributed by atoms with Crippen LogP contribution in [0, 0.1) is 22.7 Å². The summed E-state index contributed by atoms with van der Waals surface area (Å²) < 4.78 is 11.6. The van der Waals surface area contributed by atoms with Crippen molar-refractivity contribution in [3.8, 4) is 23.6 Å². The summed E-state index contributed by atoms with van der Waals surface area (Å²) in [5.74, 6) is 1.59. The van der Waals surface area contributed by atoms with Gasteiger partial charge in [0.1, 0.15) is 0 Å². The van der Waals surface area contributed by atoms with Gasteiger partial charge in [0.15, 0.2) is 11.5 Å². The number of rotatable bonds is 6. The van der Waals surface area contributed by atoms with Crippen LogP contribution >= 0.6 is 0 Å². The second-order valence-electron chi connectivity index (χ2n) is 7.91. The Balaban J connectivity index is 0.000000409. The highest BCUT2D eigenvalue weighted by Crippen LogP contribution is 2.42. The molecule has 3 rings (SSSR count). The van der Waals surface area contributed by atoms with Gasteiger partial charge in [0.25, 0.3) is 0 Å². The van der Waals surface area contributed by atoms with E-state index in [1.165, 1.54) is 19.3 Å². The Morgan fingerprint density at radius 2 is 1.75 bits per heavy atom. The number of nitrogens with zero attached hydrogens (tertiary/aromatic N) is 2. The number of unbranched alkanes of at least 4 members (excludes halogenated alkanes) is 2. The van der Waals surface area contributed by atoms with E-state index in [9.17, 15) is 5.26 Å². The summed E-state index contributed by atoms with van der Waals surface area (Å²) >= 11 is 0. The smallest absolute Gasteiger partial charge is 0.161 e. The average Bonchev–Trinajstić information content (AvgIpc) is 3.26. The molecule has 4 nitrogen and oxygen atoms in total. The zero-order valence-electron chi connectivity index (χ0n) is 17.5. The normalized spacial score (nSPS) is 18.3. The van der Waals surface area contributed by atoms with Crippen molar-refractivity contribution in [3.05, 3.63) is 23.8 Å². The van der Waals surface area contributed by atoms with E-state index < -0.39 is 0 Å². The Kier molecular flexibility index (Phi) is 9.15. The van der Waals surface area contributed by atoms with Crippen LogP contribution < -0.4 is 9.47 Å². The highest BCUT2D eigenvalue weighted by atomic mass is 16.5. The van der Waals surface area contributed by atoms with Crippen LogP contribution in [0.5, 0.6) is 11.5 Å². The number of hydrogen-bond acceptors (Lipinski definition) is 4. The summed E-state index contributed by atoms with van der Waals surface area (Å²) in [6.45, 7) is 2.08. The first-order valence-corrected chi connectivity index (χ1v) is 10.8. The zero-order chi connectivity index (χ0) is 20.2. The number of hydrogen-bond donors (Lipinski definition) is 0. The zero-order valence-corrected chi connectivity index (χ0v) is 17.5. The van der Waals surface area contributed by atoms with Gasteiger partial charge < -0.3 is 9.47 Å². The standard InChI is InChI=1S/C19H25NO2.C5H9N/c1-21-17-10-9-15(19(14-20)11-5-2-6-12-19)13-18(17)22-16-7-3-4-8-16;1-2-3-4-5-6/h9-10,13,16H,2-8,11-12H2,1H3;2-4H2,1H3. The van der Waals surface area contributed by atoms with Gasteiger partial charge in [-0.15, -0.1) is 0 Å². The molecule has 28 heavy (non-hydrogen) atoms. The van der Waals surface area contributed by atoms with Crippen molar-refractivity contribution in [1.29, 1.82) is 10.5 Å². The molecule has 2 aliphatic rings. The van der Waals surface area contributed by atoms with E-state index in [0.29, 0.717) is 6.10 Å². The summed E-state index contributed by atoms with van der Waals surface area (Å²) in [4.78, 5) is 0. The molecular weight excluding hydrogens is 348 g/mol. The van der Waals surface area contributed by atoms with Crippen LogP contribution in [0.4, 0.5) is 0 Å². The molecule has 152 valence electrons. The fourth-order valence-corrected chi connectivity index (χ4v) is 4.13. The lowest BCUT2D eigenvalue weighted by atomic mass is 9.70. The first-order valence-electron chi connectivity index (χ1n) is 10.8. The third kappa shape index (κ3) is 5.90. The molecule has 0 aliphatic heterocycles. The minimum atomic E-state index is -0.335. The Morgan fingerprint density at radius 1 is 1.04 bits per heavy atom. The molecular formula is C24H34N2O2. The van der Waals surface area contributed by atoms with Gasteiger partial charge in [-0.2, -0.15) is 10.5 Å². The third-order valence-corrected chi connectivity index (χ3v) is 5.88. The largest absolute Gasteiger partial charge is 0.493 e. The molecule has 0 atom stereocenters. The monoisotopic (exact) mass is 382 g/mol. The van der Waals surface area contributed by atoms with E-state index in [4.69, 9.17) is 14.7 Å². The lowest BCUT2D eigenvalue weighted by molar-refractivity contribution is 0.200. The number of benzene rings is 1. The van der Waals surface area contributed by atoms with Crippen molar-refractivity contribution < 1.29 is 9.47 Å². The molecule has 1 aromatic rings. The van der Waals surface area contributed by atoms with Crippen molar-refractivity contribution in [2.75, 3.05) is 7.11 Å². The van der Waals surface area contributed by atoms with Gasteiger partial charge >= 0.3 is 0 Å². The molecule has 0 amide bonds. The molecule has 0 heterocycles. The van der Waals surface area contributed by atoms with Crippen LogP contribution in [0.25, 0.3) is 0 Å². The molecule has 1 aromatic carbocycles. The topological polar surface area (TPSA) is 66.0 Å². The summed E-state index contributed by atoms with van der Waals surface area (Å²) in [5, 5.41) is 17.7. The van der Waals surface area contributed by atoms with Gasteiger partial charge in [-0.3, -0.25) is 0 Å². The van der Waals surface area contributed by atoms with Crippen LogP contribution in [0.1, 0.15) is 89.5 Å². The summed E-state index contributed by atoms with van der Waals surface area (Å²) in [6.07, 6.45) is 13.4. The van der Waals surface area contributed by atoms with E-state index in [2.05, 4.69) is 31.2 Å². The maximum Gasteiger partial charge on any atom is 0.161 e. The Labute approximate surface area is 170 Å². The number of methoxy groups -OCH3 is 1. The second-order valence-corrected chi connectivity index (χ2v) is 7.91. The predicted octanol–water partition coefficient (Wildman–Crippen LogP) is 6.44. The Morgan fingerprint density at radius 3 is 2.29 bits per heavy atom. The van der Waals surface area contributed by atoms with Crippen LogP contribution in [0.3, 0.4) is 0 Å². The second kappa shape index (κ2) is 11.6. The van der Waals surface area contributed by atoms with Gasteiger partial charge in [-0.1, -0.05) is 38.7 Å². The van der Waals surface area contributed by atoms with E-state index in [1.54, 1.807) is 7.11 Å². The molecule has 4 heteroatoms. The minimum absolute atomic E-state index is 0.300. The number of ether oxygens (including phenoxy) is 2. The fraction of sp³-hybridized carbons (Fsp3) is 0.667. The highest BCUT2D eigenvalue weighted by molar-refractivity contribution is 5.47. The molecule has 0 N–H and O–H groups in total. The molecule has 2 aliphatic carbocycles. The van der Waals surface area contributed by atoms with Crippen molar-refractivity contribution >= 4 is 0 Å². The van der Waals surface area contributed by atoms with E-state index >= 15 is 0 Å². The highest BCUT2D eigenvalue weighted by Gasteiger charge is 2.35. The Bertz CT molecular complexity index is 675. The van der Waals surface area contributed by atoms with Crippen molar-refractivity contribution in [2.45, 2.75) is 95.5 Å². The SMILES string of the molecule is CCCCC#N.COc1ccc(C2(C#N)CCCCC2)cc1OC1CCCC1. The van der Waals surface area contributed by atoms with E-state index in [1.807, 2.05) is 6.07 Å². The summed E-state index contributed by atoms with van der Waals surface area (Å²) in [5.41, 5.74) is 0.765. The minimum Gasteiger partial charge on any atom is -0.493 e. The first-order chi connectivity index (χ1) is 13.7. The third-order valence-electron chi connectivity index (χ3n) is 5.88. The van der Waals surface area contributed by atoms with E-state index in [0.717, 1.165) is 74.8 Å². The van der Waals surface area contributed by atoms with Gasteiger partial charge in [0, 0.05) is 6.42 Å². The molecule has 0 radical (unpaired) electrons. The predicted molar refractivity (Wildman–Crippen MR) is 111 cm³/mol. The Hall–Kier alpha value is -2.20. The van der Waals surface area contributed by atoms with Crippen LogP contribution in [-0.4, -0.2) is 13.2 Å². The molecule has 0 bridgehead atoms. The lowest BCUT2D eigenvalue weighted by Gasteiger charge is -2.31. The summed E-state index contributed by atoms with van der Waals surface area (Å²) in [6, 6.07) is 10.7. The van der Waals surface area contributed by atoms with Gasteiger partial charge in [-0.25, -0.2) is 0 Å². The van der Waals surface area contributed by atoms with Crippen LogP contribution in [0.15, 0.2) is 18.2 Å². The van der Waals surface area contributed by atoms with Crippen LogP contribution in [0.2, 0.25) is 0 Å². The van der Waals surface area contributed by atoms with Crippen molar-refractivity contribution in [2.24, 2.45) is 0 Å². The first kappa shape index (κ1) is 22.1. The number of nitriles is 2. The van der Waals surface area contributed by atoms with Crippen molar-refractivity contribution in [3.63, 3.8) is 0 Å². The van der Waals surface area contributed by atoms with Gasteiger partial charge in [0.05, 0.1) is 30.8 Å². The van der Waals surface area contributed by atoms with Gasteiger partial charge in [-0.05, 0) is 62.6 Å². The summed E-state index contributed by atoms with van der Waals surface area (Å²) in [7, 11) is 1.68. The fourth-order valence-electron chi connectivity index (χ4n) is 4.13. The molecule has 2 fully saturated rings. The quantitative estimate of drug-likeness (QED) is 0.531. The average molecular weight is 383 g/mol.